The van der Waals surface area contributed by atoms with Gasteiger partial charge in [-0.2, -0.15) is 0 Å². The Bertz CT molecular complexity index is 480. The van der Waals surface area contributed by atoms with Crippen LogP contribution in [0.25, 0.3) is 0 Å². The van der Waals surface area contributed by atoms with Crippen LogP contribution in [-0.4, -0.2) is 32.7 Å². The molecule has 0 spiro atoms. The lowest BCUT2D eigenvalue weighted by atomic mass is 9.94. The lowest BCUT2D eigenvalue weighted by Crippen LogP contribution is -2.43. The molecule has 0 aliphatic rings. The summed E-state index contributed by atoms with van der Waals surface area (Å²) < 4.78 is 1.21. The Balaban J connectivity index is 2.49. The normalized spacial score (nSPS) is 14.2. The molecule has 1 atom stereocenters. The molecule has 1 aromatic rings. The van der Waals surface area contributed by atoms with Crippen LogP contribution in [0, 0.1) is 5.92 Å². The van der Waals surface area contributed by atoms with Crippen LogP contribution in [-0.2, 0) is 11.3 Å². The maximum atomic E-state index is 11.7. The minimum atomic E-state index is -0.941. The number of nitrogens with one attached hydrogen (secondary N) is 1. The van der Waals surface area contributed by atoms with Crippen LogP contribution in [0.1, 0.15) is 27.2 Å². The first-order valence-electron chi connectivity index (χ1n) is 6.31. The zero-order chi connectivity index (χ0) is 14.5. The number of amides is 1. The number of rotatable bonds is 6. The van der Waals surface area contributed by atoms with Gasteiger partial charge in [0.2, 0.25) is 5.91 Å². The van der Waals surface area contributed by atoms with E-state index in [4.69, 9.17) is 0 Å². The maximum Gasteiger partial charge on any atom is 0.347 e. The van der Waals surface area contributed by atoms with E-state index in [1.165, 1.54) is 17.0 Å². The predicted molar refractivity (Wildman–Crippen MR) is 71.6 cm³/mol. The Morgan fingerprint density at radius 1 is 1.58 bits per heavy atom. The molecule has 0 saturated heterocycles. The van der Waals surface area contributed by atoms with Gasteiger partial charge in [-0.1, -0.05) is 13.8 Å². The van der Waals surface area contributed by atoms with Crippen LogP contribution in [0.2, 0.25) is 0 Å². The molecule has 1 aromatic heterocycles. The standard InChI is InChI=1S/C13H21N3O3/c1-10(2)7-13(3,19)9-15-11(17)8-16-6-4-5-14-12(16)18/h4-6,10,19H,7-9H2,1-3H3,(H,15,17). The first-order chi connectivity index (χ1) is 8.80. The van der Waals surface area contributed by atoms with Crippen molar-refractivity contribution in [1.82, 2.24) is 14.9 Å². The van der Waals surface area contributed by atoms with E-state index in [-0.39, 0.29) is 19.0 Å². The van der Waals surface area contributed by atoms with Crippen molar-refractivity contribution in [3.8, 4) is 0 Å². The zero-order valence-corrected chi connectivity index (χ0v) is 11.6. The quantitative estimate of drug-likeness (QED) is 0.769. The number of hydrogen-bond donors (Lipinski definition) is 2. The third-order valence-electron chi connectivity index (χ3n) is 2.61. The predicted octanol–water partition coefficient (Wildman–Crippen LogP) is 0.157. The summed E-state index contributed by atoms with van der Waals surface area (Å²) in [6, 6.07) is 1.59. The van der Waals surface area contributed by atoms with Gasteiger partial charge in [-0.05, 0) is 25.3 Å². The van der Waals surface area contributed by atoms with Crippen LogP contribution < -0.4 is 11.0 Å². The summed E-state index contributed by atoms with van der Waals surface area (Å²) in [5.41, 5.74) is -1.41. The molecule has 2 N–H and O–H groups in total. The lowest BCUT2D eigenvalue weighted by Gasteiger charge is -2.25. The second kappa shape index (κ2) is 6.47. The smallest absolute Gasteiger partial charge is 0.347 e. The molecule has 1 unspecified atom stereocenters. The van der Waals surface area contributed by atoms with Crippen molar-refractivity contribution in [2.75, 3.05) is 6.54 Å². The molecule has 0 fully saturated rings. The van der Waals surface area contributed by atoms with E-state index in [1.54, 1.807) is 13.0 Å². The van der Waals surface area contributed by atoms with Crippen LogP contribution in [0.4, 0.5) is 0 Å². The molecule has 19 heavy (non-hydrogen) atoms. The second-order valence-electron chi connectivity index (χ2n) is 5.40. The van der Waals surface area contributed by atoms with Crippen molar-refractivity contribution in [2.45, 2.75) is 39.3 Å². The molecule has 6 nitrogen and oxygen atoms in total. The van der Waals surface area contributed by atoms with Crippen molar-refractivity contribution in [3.63, 3.8) is 0 Å². The van der Waals surface area contributed by atoms with E-state index in [9.17, 15) is 14.7 Å². The van der Waals surface area contributed by atoms with Gasteiger partial charge in [-0.3, -0.25) is 9.36 Å². The molecule has 1 rings (SSSR count). The number of aliphatic hydroxyl groups is 1. The minimum absolute atomic E-state index is 0.0928. The Hall–Kier alpha value is -1.69. The molecule has 1 heterocycles. The van der Waals surface area contributed by atoms with Crippen molar-refractivity contribution in [3.05, 3.63) is 28.9 Å². The van der Waals surface area contributed by atoms with E-state index in [0.717, 1.165) is 0 Å². The van der Waals surface area contributed by atoms with Gasteiger partial charge in [0.1, 0.15) is 6.54 Å². The number of carbonyl (C=O) groups excluding carboxylic acids is 1. The highest BCUT2D eigenvalue weighted by atomic mass is 16.3. The summed E-state index contributed by atoms with van der Waals surface area (Å²) in [5, 5.41) is 12.7. The van der Waals surface area contributed by atoms with E-state index >= 15 is 0 Å². The molecular formula is C13H21N3O3. The SMILES string of the molecule is CC(C)CC(C)(O)CNC(=O)Cn1cccnc1=O. The first-order valence-corrected chi connectivity index (χ1v) is 6.31. The highest BCUT2D eigenvalue weighted by molar-refractivity contribution is 5.75. The van der Waals surface area contributed by atoms with Gasteiger partial charge < -0.3 is 10.4 Å². The van der Waals surface area contributed by atoms with Gasteiger partial charge in [0.25, 0.3) is 0 Å². The van der Waals surface area contributed by atoms with Crippen LogP contribution in [0.5, 0.6) is 0 Å². The largest absolute Gasteiger partial charge is 0.388 e. The third kappa shape index (κ3) is 5.65. The molecule has 0 bridgehead atoms. The van der Waals surface area contributed by atoms with E-state index < -0.39 is 11.3 Å². The summed E-state index contributed by atoms with van der Waals surface area (Å²) in [5.74, 6) is 0.0203. The topological polar surface area (TPSA) is 84.2 Å². The number of nitrogens with zero attached hydrogens (tertiary/aromatic N) is 2. The monoisotopic (exact) mass is 267 g/mol. The fourth-order valence-electron chi connectivity index (χ4n) is 1.96. The molecule has 0 aliphatic heterocycles. The fourth-order valence-corrected chi connectivity index (χ4v) is 1.96. The summed E-state index contributed by atoms with van der Waals surface area (Å²) >= 11 is 0. The van der Waals surface area contributed by atoms with Crippen molar-refractivity contribution >= 4 is 5.91 Å². The lowest BCUT2D eigenvalue weighted by molar-refractivity contribution is -0.123. The van der Waals surface area contributed by atoms with E-state index in [2.05, 4.69) is 10.3 Å². The third-order valence-corrected chi connectivity index (χ3v) is 2.61. The Labute approximate surface area is 112 Å². The molecular weight excluding hydrogens is 246 g/mol. The van der Waals surface area contributed by atoms with Crippen molar-refractivity contribution in [2.24, 2.45) is 5.92 Å². The fraction of sp³-hybridized carbons (Fsp3) is 0.615. The molecule has 1 amide bonds. The molecule has 0 saturated carbocycles. The number of hydrogen-bond acceptors (Lipinski definition) is 4. The van der Waals surface area contributed by atoms with Crippen LogP contribution in [0.15, 0.2) is 23.3 Å². The van der Waals surface area contributed by atoms with Gasteiger partial charge in [0.15, 0.2) is 0 Å². The van der Waals surface area contributed by atoms with Crippen LogP contribution >= 0.6 is 0 Å². The number of carbonyl (C=O) groups is 1. The van der Waals surface area contributed by atoms with Gasteiger partial charge in [-0.25, -0.2) is 9.78 Å². The highest BCUT2D eigenvalue weighted by Crippen LogP contribution is 2.14. The Morgan fingerprint density at radius 2 is 2.26 bits per heavy atom. The average Bonchev–Trinajstić information content (AvgIpc) is 2.28. The second-order valence-corrected chi connectivity index (χ2v) is 5.40. The Morgan fingerprint density at radius 3 is 2.84 bits per heavy atom. The highest BCUT2D eigenvalue weighted by Gasteiger charge is 2.22. The maximum absolute atomic E-state index is 11.7. The van der Waals surface area contributed by atoms with Crippen molar-refractivity contribution < 1.29 is 9.90 Å². The minimum Gasteiger partial charge on any atom is -0.388 e. The molecule has 0 aromatic carbocycles. The summed E-state index contributed by atoms with van der Waals surface area (Å²) in [7, 11) is 0. The average molecular weight is 267 g/mol. The van der Waals surface area contributed by atoms with Gasteiger partial charge in [0, 0.05) is 18.9 Å². The molecule has 0 radical (unpaired) electrons. The van der Waals surface area contributed by atoms with Crippen molar-refractivity contribution in [1.29, 1.82) is 0 Å². The molecule has 106 valence electrons. The zero-order valence-electron chi connectivity index (χ0n) is 11.6. The van der Waals surface area contributed by atoms with E-state index in [0.29, 0.717) is 12.3 Å². The van der Waals surface area contributed by atoms with Gasteiger partial charge in [0.05, 0.1) is 5.60 Å². The molecule has 6 heteroatoms. The Kier molecular flexibility index (Phi) is 5.23. The van der Waals surface area contributed by atoms with Gasteiger partial charge in [-0.15, -0.1) is 0 Å². The summed E-state index contributed by atoms with van der Waals surface area (Å²) in [4.78, 5) is 26.6. The van der Waals surface area contributed by atoms with Crippen LogP contribution in [0.3, 0.4) is 0 Å². The summed E-state index contributed by atoms with van der Waals surface area (Å²) in [6.45, 7) is 5.77. The molecule has 0 aliphatic carbocycles. The first kappa shape index (κ1) is 15.4. The number of aromatic nitrogens is 2. The van der Waals surface area contributed by atoms with E-state index in [1.807, 2.05) is 13.8 Å². The summed E-state index contributed by atoms with van der Waals surface area (Å²) in [6.07, 6.45) is 3.48. The van der Waals surface area contributed by atoms with Gasteiger partial charge >= 0.3 is 5.69 Å².